The molecule has 2 heterocycles. The smallest absolute Gasteiger partial charge is 0.336 e. The number of hydrogen-bond acceptors (Lipinski definition) is 5. The van der Waals surface area contributed by atoms with Gasteiger partial charge in [-0.15, -0.1) is 5.10 Å². The fourth-order valence-corrected chi connectivity index (χ4v) is 3.45. The van der Waals surface area contributed by atoms with E-state index in [2.05, 4.69) is 22.0 Å². The number of aromatic nitrogens is 4. The second kappa shape index (κ2) is 7.15. The Morgan fingerprint density at radius 2 is 2.13 bits per heavy atom. The third kappa shape index (κ3) is 3.74. The van der Waals surface area contributed by atoms with Crippen LogP contribution in [0.1, 0.15) is 64.5 Å². The van der Waals surface area contributed by atoms with Gasteiger partial charge < -0.3 is 10.5 Å². The van der Waals surface area contributed by atoms with Crippen LogP contribution in [0.3, 0.4) is 0 Å². The standard InChI is InChI=1S/C17H27N5O/c1-3-7-12(2)23-17-20-15(18)16-19-11-14(22(16)21-17)10-13-8-5-4-6-9-13/h11-13H,3-10H2,1-2H3,(H2,18,20,21)/t12-/m0/s1. The Labute approximate surface area is 137 Å². The summed E-state index contributed by atoms with van der Waals surface area (Å²) in [5.41, 5.74) is 7.78. The van der Waals surface area contributed by atoms with E-state index in [9.17, 15) is 0 Å². The van der Waals surface area contributed by atoms with Crippen LogP contribution in [-0.2, 0) is 6.42 Å². The molecule has 0 radical (unpaired) electrons. The first kappa shape index (κ1) is 16.0. The van der Waals surface area contributed by atoms with Gasteiger partial charge in [-0.3, -0.25) is 0 Å². The molecule has 1 aliphatic carbocycles. The monoisotopic (exact) mass is 317 g/mol. The second-order valence-corrected chi connectivity index (χ2v) is 6.69. The number of nitrogens with zero attached hydrogens (tertiary/aromatic N) is 4. The lowest BCUT2D eigenvalue weighted by atomic mass is 9.86. The summed E-state index contributed by atoms with van der Waals surface area (Å²) in [6.45, 7) is 4.17. The maximum Gasteiger partial charge on any atom is 0.336 e. The van der Waals surface area contributed by atoms with Gasteiger partial charge in [0.1, 0.15) is 0 Å². The van der Waals surface area contributed by atoms with E-state index in [1.54, 1.807) is 0 Å². The summed E-state index contributed by atoms with van der Waals surface area (Å²) in [5, 5.41) is 4.52. The zero-order valence-electron chi connectivity index (χ0n) is 14.2. The van der Waals surface area contributed by atoms with Crippen molar-refractivity contribution in [1.29, 1.82) is 0 Å². The lowest BCUT2D eigenvalue weighted by Crippen LogP contribution is -2.16. The number of hydrogen-bond donors (Lipinski definition) is 1. The average molecular weight is 317 g/mol. The van der Waals surface area contributed by atoms with Crippen molar-refractivity contribution >= 4 is 11.5 Å². The molecule has 0 spiro atoms. The predicted octanol–water partition coefficient (Wildman–Crippen LogP) is 3.40. The number of anilines is 1. The van der Waals surface area contributed by atoms with E-state index < -0.39 is 0 Å². The van der Waals surface area contributed by atoms with Gasteiger partial charge in [0.2, 0.25) is 0 Å². The zero-order chi connectivity index (χ0) is 16.2. The molecule has 0 aliphatic heterocycles. The van der Waals surface area contributed by atoms with Crippen molar-refractivity contribution in [3.63, 3.8) is 0 Å². The summed E-state index contributed by atoms with van der Waals surface area (Å²) < 4.78 is 7.63. The van der Waals surface area contributed by atoms with Gasteiger partial charge in [-0.2, -0.15) is 4.98 Å². The Hall–Kier alpha value is -1.85. The summed E-state index contributed by atoms with van der Waals surface area (Å²) in [7, 11) is 0. The molecule has 1 saturated carbocycles. The van der Waals surface area contributed by atoms with Gasteiger partial charge in [0.15, 0.2) is 11.5 Å². The van der Waals surface area contributed by atoms with Crippen LogP contribution in [0.5, 0.6) is 6.01 Å². The Morgan fingerprint density at radius 3 is 2.87 bits per heavy atom. The normalized spacial score (nSPS) is 17.5. The molecule has 2 N–H and O–H groups in total. The van der Waals surface area contributed by atoms with Gasteiger partial charge in [0.05, 0.1) is 18.0 Å². The highest BCUT2D eigenvalue weighted by atomic mass is 16.5. The van der Waals surface area contributed by atoms with Crippen LogP contribution in [0.2, 0.25) is 0 Å². The molecule has 1 atom stereocenters. The van der Waals surface area contributed by atoms with E-state index in [1.807, 2.05) is 17.6 Å². The van der Waals surface area contributed by atoms with Crippen LogP contribution >= 0.6 is 0 Å². The molecule has 6 nitrogen and oxygen atoms in total. The third-order valence-electron chi connectivity index (χ3n) is 4.66. The van der Waals surface area contributed by atoms with Gasteiger partial charge in [-0.25, -0.2) is 9.50 Å². The molecule has 3 rings (SSSR count). The first-order valence-electron chi connectivity index (χ1n) is 8.84. The van der Waals surface area contributed by atoms with Crippen molar-refractivity contribution in [2.24, 2.45) is 5.92 Å². The summed E-state index contributed by atoms with van der Waals surface area (Å²) in [4.78, 5) is 8.64. The lowest BCUT2D eigenvalue weighted by molar-refractivity contribution is 0.189. The Kier molecular flexibility index (Phi) is 4.98. The van der Waals surface area contributed by atoms with E-state index in [0.717, 1.165) is 30.9 Å². The molecule has 6 heteroatoms. The quantitative estimate of drug-likeness (QED) is 0.883. The molecule has 1 fully saturated rings. The van der Waals surface area contributed by atoms with E-state index in [1.165, 1.54) is 32.1 Å². The van der Waals surface area contributed by atoms with Crippen LogP contribution in [0, 0.1) is 5.92 Å². The van der Waals surface area contributed by atoms with Crippen LogP contribution < -0.4 is 10.5 Å². The van der Waals surface area contributed by atoms with E-state index in [0.29, 0.717) is 17.5 Å². The number of imidazole rings is 1. The molecule has 0 bridgehead atoms. The van der Waals surface area contributed by atoms with Crippen LogP contribution in [0.4, 0.5) is 5.82 Å². The highest BCUT2D eigenvalue weighted by Gasteiger charge is 2.18. The van der Waals surface area contributed by atoms with Crippen LogP contribution in [-0.4, -0.2) is 25.7 Å². The number of ether oxygens (including phenoxy) is 1. The fourth-order valence-electron chi connectivity index (χ4n) is 3.45. The molecule has 0 amide bonds. The van der Waals surface area contributed by atoms with E-state index in [4.69, 9.17) is 10.5 Å². The fraction of sp³-hybridized carbons (Fsp3) is 0.706. The predicted molar refractivity (Wildman–Crippen MR) is 90.5 cm³/mol. The van der Waals surface area contributed by atoms with E-state index >= 15 is 0 Å². The Bertz CT molecular complexity index is 648. The Morgan fingerprint density at radius 1 is 1.35 bits per heavy atom. The first-order chi connectivity index (χ1) is 11.2. The van der Waals surface area contributed by atoms with Crippen molar-refractivity contribution < 1.29 is 4.74 Å². The molecule has 126 valence electrons. The Balaban J connectivity index is 1.83. The maximum atomic E-state index is 6.04. The second-order valence-electron chi connectivity index (χ2n) is 6.69. The maximum absolute atomic E-state index is 6.04. The summed E-state index contributed by atoms with van der Waals surface area (Å²) in [6, 6.07) is 0.346. The zero-order valence-corrected chi connectivity index (χ0v) is 14.2. The van der Waals surface area contributed by atoms with Crippen LogP contribution in [0.25, 0.3) is 5.65 Å². The molecule has 0 aromatic carbocycles. The molecule has 1 aliphatic rings. The highest BCUT2D eigenvalue weighted by molar-refractivity contribution is 5.59. The van der Waals surface area contributed by atoms with Gasteiger partial charge in [0.25, 0.3) is 0 Å². The highest BCUT2D eigenvalue weighted by Crippen LogP contribution is 2.27. The van der Waals surface area contributed by atoms with Gasteiger partial charge in [-0.05, 0) is 25.7 Å². The van der Waals surface area contributed by atoms with Gasteiger partial charge in [-0.1, -0.05) is 45.4 Å². The van der Waals surface area contributed by atoms with Gasteiger partial charge in [0, 0.05) is 0 Å². The van der Waals surface area contributed by atoms with Crippen LogP contribution in [0.15, 0.2) is 6.20 Å². The molecule has 2 aromatic heterocycles. The molecule has 23 heavy (non-hydrogen) atoms. The van der Waals surface area contributed by atoms with Gasteiger partial charge >= 0.3 is 6.01 Å². The first-order valence-corrected chi connectivity index (χ1v) is 8.84. The number of rotatable bonds is 6. The molecule has 0 unspecified atom stereocenters. The number of nitrogen functional groups attached to an aromatic ring is 1. The van der Waals surface area contributed by atoms with E-state index in [-0.39, 0.29) is 6.10 Å². The summed E-state index contributed by atoms with van der Waals surface area (Å²) >= 11 is 0. The molecular formula is C17H27N5O. The minimum absolute atomic E-state index is 0.0853. The SMILES string of the molecule is CCC[C@H](C)Oc1nc(N)c2ncc(CC3CCCCC3)n2n1. The van der Waals surface area contributed by atoms with Crippen molar-refractivity contribution in [1.82, 2.24) is 19.6 Å². The minimum atomic E-state index is 0.0853. The van der Waals surface area contributed by atoms with Crippen molar-refractivity contribution in [2.45, 2.75) is 71.3 Å². The average Bonchev–Trinajstić information content (AvgIpc) is 2.92. The van der Waals surface area contributed by atoms with Crippen molar-refractivity contribution in [3.8, 4) is 6.01 Å². The summed E-state index contributed by atoms with van der Waals surface area (Å²) in [6.07, 6.45) is 11.6. The van der Waals surface area contributed by atoms with Crippen molar-refractivity contribution in [3.05, 3.63) is 11.9 Å². The third-order valence-corrected chi connectivity index (χ3v) is 4.66. The minimum Gasteiger partial charge on any atom is -0.459 e. The molecular weight excluding hydrogens is 290 g/mol. The molecule has 2 aromatic rings. The van der Waals surface area contributed by atoms with Crippen molar-refractivity contribution in [2.75, 3.05) is 5.73 Å². The molecule has 0 saturated heterocycles. The summed E-state index contributed by atoms with van der Waals surface area (Å²) in [5.74, 6) is 1.11. The number of fused-ring (bicyclic) bond motifs is 1. The topological polar surface area (TPSA) is 78.3 Å². The largest absolute Gasteiger partial charge is 0.459 e. The lowest BCUT2D eigenvalue weighted by Gasteiger charge is -2.20. The number of nitrogens with two attached hydrogens (primary N) is 1.